The maximum Gasteiger partial charge on any atom is 0.242 e. The van der Waals surface area contributed by atoms with E-state index >= 15 is 0 Å². The van der Waals surface area contributed by atoms with Gasteiger partial charge in [-0.05, 0) is 56.5 Å². The Kier molecular flexibility index (Phi) is 5.18. The lowest BCUT2D eigenvalue weighted by molar-refractivity contribution is -0.124. The molecule has 0 bridgehead atoms. The van der Waals surface area contributed by atoms with Gasteiger partial charge in [0.1, 0.15) is 0 Å². The summed E-state index contributed by atoms with van der Waals surface area (Å²) in [5.41, 5.74) is 0. The molecule has 1 aliphatic heterocycles. The van der Waals surface area contributed by atoms with E-state index in [0.29, 0.717) is 24.4 Å². The molecule has 2 fully saturated rings. The van der Waals surface area contributed by atoms with E-state index in [1.54, 1.807) is 12.1 Å². The number of hydrogen-bond acceptors (Lipinski definition) is 4. The molecule has 1 aromatic carbocycles. The van der Waals surface area contributed by atoms with E-state index in [9.17, 15) is 13.2 Å². The Labute approximate surface area is 148 Å². The lowest BCUT2D eigenvalue weighted by Gasteiger charge is -2.31. The van der Waals surface area contributed by atoms with Crippen molar-refractivity contribution in [2.24, 2.45) is 0 Å². The quantitative estimate of drug-likeness (QED) is 0.852. The molecule has 2 aliphatic rings. The fraction of sp³-hybridized carbons (Fsp3) is 0.588. The van der Waals surface area contributed by atoms with Crippen molar-refractivity contribution in [3.05, 3.63) is 29.3 Å². The second-order valence-electron chi connectivity index (χ2n) is 6.68. The van der Waals surface area contributed by atoms with Crippen LogP contribution in [-0.4, -0.2) is 38.2 Å². The summed E-state index contributed by atoms with van der Waals surface area (Å²) >= 11 is 5.87. The number of piperidine rings is 1. The minimum atomic E-state index is -3.76. The van der Waals surface area contributed by atoms with E-state index in [-0.39, 0.29) is 16.8 Å². The Morgan fingerprint density at radius 2 is 1.83 bits per heavy atom. The Bertz CT molecular complexity index is 691. The van der Waals surface area contributed by atoms with Gasteiger partial charge < -0.3 is 10.6 Å². The van der Waals surface area contributed by atoms with Crippen molar-refractivity contribution in [1.29, 1.82) is 0 Å². The third kappa shape index (κ3) is 3.19. The number of nitrogens with one attached hydrogen (secondary N) is 2. The number of amides is 1. The van der Waals surface area contributed by atoms with Crippen LogP contribution in [0.4, 0.5) is 0 Å². The number of benzene rings is 1. The van der Waals surface area contributed by atoms with Crippen LogP contribution < -0.4 is 10.6 Å². The van der Waals surface area contributed by atoms with Gasteiger partial charge in [-0.2, -0.15) is 0 Å². The monoisotopic (exact) mass is 370 g/mol. The number of halogens is 1. The topological polar surface area (TPSA) is 75.3 Å². The highest BCUT2D eigenvalue weighted by Gasteiger charge is 2.53. The van der Waals surface area contributed by atoms with E-state index in [1.165, 1.54) is 12.1 Å². The highest BCUT2D eigenvalue weighted by atomic mass is 35.5. The molecule has 1 saturated heterocycles. The molecule has 1 amide bonds. The summed E-state index contributed by atoms with van der Waals surface area (Å²) in [6.45, 7) is 1.64. The van der Waals surface area contributed by atoms with Crippen molar-refractivity contribution in [2.75, 3.05) is 13.1 Å². The van der Waals surface area contributed by atoms with E-state index < -0.39 is 14.6 Å². The maximum absolute atomic E-state index is 13.2. The molecular weight excluding hydrogens is 348 g/mol. The Morgan fingerprint density at radius 1 is 1.17 bits per heavy atom. The lowest BCUT2D eigenvalue weighted by atomic mass is 10.0. The SMILES string of the molecule is O=C(NC1CCCNC1)C1(S(=O)(=O)c2ccc(Cl)cc2)CCCC1. The smallest absolute Gasteiger partial charge is 0.242 e. The predicted molar refractivity (Wildman–Crippen MR) is 93.9 cm³/mol. The first-order valence-electron chi connectivity index (χ1n) is 8.48. The minimum absolute atomic E-state index is 0.00384. The van der Waals surface area contributed by atoms with Crippen LogP contribution in [0.5, 0.6) is 0 Å². The van der Waals surface area contributed by atoms with Crippen molar-refractivity contribution in [3.8, 4) is 0 Å². The zero-order chi connectivity index (χ0) is 17.2. The van der Waals surface area contributed by atoms with Gasteiger partial charge in [-0.1, -0.05) is 24.4 Å². The molecule has 0 aromatic heterocycles. The molecule has 5 nitrogen and oxygen atoms in total. The van der Waals surface area contributed by atoms with Crippen LogP contribution in [0.15, 0.2) is 29.2 Å². The van der Waals surface area contributed by atoms with E-state index in [2.05, 4.69) is 10.6 Å². The molecule has 2 N–H and O–H groups in total. The Morgan fingerprint density at radius 3 is 2.42 bits per heavy atom. The van der Waals surface area contributed by atoms with Crippen LogP contribution in [0.1, 0.15) is 38.5 Å². The molecular formula is C17H23ClN2O3S. The second kappa shape index (κ2) is 7.02. The number of rotatable bonds is 4. The van der Waals surface area contributed by atoms with Crippen LogP contribution in [-0.2, 0) is 14.6 Å². The summed E-state index contributed by atoms with van der Waals surface area (Å²) in [7, 11) is -3.76. The number of carbonyl (C=O) groups is 1. The van der Waals surface area contributed by atoms with Crippen LogP contribution in [0, 0.1) is 0 Å². The summed E-state index contributed by atoms with van der Waals surface area (Å²) < 4.78 is 25.1. The van der Waals surface area contributed by atoms with Gasteiger partial charge in [-0.25, -0.2) is 8.42 Å². The van der Waals surface area contributed by atoms with Crippen LogP contribution >= 0.6 is 11.6 Å². The Hall–Kier alpha value is -1.11. The standard InChI is InChI=1S/C17H23ClN2O3S/c18-13-5-7-15(8-6-13)24(22,23)17(9-1-2-10-17)16(21)20-14-4-3-11-19-12-14/h5-8,14,19H,1-4,9-12H2,(H,20,21). The first-order valence-corrected chi connectivity index (χ1v) is 10.3. The largest absolute Gasteiger partial charge is 0.351 e. The van der Waals surface area contributed by atoms with E-state index in [0.717, 1.165) is 32.2 Å². The highest BCUT2D eigenvalue weighted by molar-refractivity contribution is 7.93. The third-order valence-corrected chi connectivity index (χ3v) is 7.86. The van der Waals surface area contributed by atoms with Gasteiger partial charge in [-0.3, -0.25) is 4.79 Å². The molecule has 7 heteroatoms. The average molecular weight is 371 g/mol. The van der Waals surface area contributed by atoms with Crippen molar-refractivity contribution < 1.29 is 13.2 Å². The molecule has 24 heavy (non-hydrogen) atoms. The van der Waals surface area contributed by atoms with Crippen molar-refractivity contribution in [2.45, 2.75) is 54.2 Å². The molecule has 1 saturated carbocycles. The summed E-state index contributed by atoms with van der Waals surface area (Å²) in [4.78, 5) is 13.2. The van der Waals surface area contributed by atoms with Gasteiger partial charge in [0.2, 0.25) is 5.91 Å². The van der Waals surface area contributed by atoms with Gasteiger partial charge >= 0.3 is 0 Å². The predicted octanol–water partition coefficient (Wildman–Crippen LogP) is 2.29. The average Bonchev–Trinajstić information content (AvgIpc) is 3.08. The molecule has 3 rings (SSSR count). The number of carbonyl (C=O) groups excluding carboxylic acids is 1. The molecule has 132 valence electrons. The van der Waals surface area contributed by atoms with Crippen LogP contribution in [0.3, 0.4) is 0 Å². The van der Waals surface area contributed by atoms with Gasteiger partial charge in [0.25, 0.3) is 0 Å². The molecule has 1 heterocycles. The molecule has 0 spiro atoms. The van der Waals surface area contributed by atoms with E-state index in [4.69, 9.17) is 11.6 Å². The Balaban J connectivity index is 1.89. The van der Waals surface area contributed by atoms with E-state index in [1.807, 2.05) is 0 Å². The maximum atomic E-state index is 13.2. The first-order chi connectivity index (χ1) is 11.5. The highest BCUT2D eigenvalue weighted by Crippen LogP contribution is 2.41. The second-order valence-corrected chi connectivity index (χ2v) is 9.37. The van der Waals surface area contributed by atoms with Gasteiger partial charge in [0, 0.05) is 17.6 Å². The minimum Gasteiger partial charge on any atom is -0.351 e. The lowest BCUT2D eigenvalue weighted by Crippen LogP contribution is -2.56. The zero-order valence-electron chi connectivity index (χ0n) is 13.6. The van der Waals surface area contributed by atoms with Crippen molar-refractivity contribution in [1.82, 2.24) is 10.6 Å². The molecule has 1 aromatic rings. The van der Waals surface area contributed by atoms with Gasteiger partial charge in [0.05, 0.1) is 4.90 Å². The molecule has 1 unspecified atom stereocenters. The summed E-state index contributed by atoms with van der Waals surface area (Å²) in [5, 5.41) is 6.70. The molecule has 0 radical (unpaired) electrons. The van der Waals surface area contributed by atoms with Gasteiger partial charge in [0.15, 0.2) is 14.6 Å². The third-order valence-electron chi connectivity index (χ3n) is 5.10. The van der Waals surface area contributed by atoms with Crippen molar-refractivity contribution in [3.63, 3.8) is 0 Å². The fourth-order valence-corrected chi connectivity index (χ4v) is 5.90. The number of hydrogen-bond donors (Lipinski definition) is 2. The summed E-state index contributed by atoms with van der Waals surface area (Å²) in [5.74, 6) is -0.344. The zero-order valence-corrected chi connectivity index (χ0v) is 15.1. The first kappa shape index (κ1) is 17.7. The summed E-state index contributed by atoms with van der Waals surface area (Å²) in [6, 6.07) is 6.10. The fourth-order valence-electron chi connectivity index (χ4n) is 3.70. The molecule has 1 atom stereocenters. The van der Waals surface area contributed by atoms with Crippen molar-refractivity contribution >= 4 is 27.3 Å². The normalized spacial score (nSPS) is 23.8. The summed E-state index contributed by atoms with van der Waals surface area (Å²) in [6.07, 6.45) is 4.14. The van der Waals surface area contributed by atoms with Crippen LogP contribution in [0.25, 0.3) is 0 Å². The number of sulfone groups is 1. The van der Waals surface area contributed by atoms with Crippen LogP contribution in [0.2, 0.25) is 5.02 Å². The molecule has 1 aliphatic carbocycles. The van der Waals surface area contributed by atoms with Gasteiger partial charge in [-0.15, -0.1) is 0 Å².